The van der Waals surface area contributed by atoms with Gasteiger partial charge >= 0.3 is 0 Å². The summed E-state index contributed by atoms with van der Waals surface area (Å²) >= 11 is 0. The van der Waals surface area contributed by atoms with Gasteiger partial charge in [0.15, 0.2) is 0 Å². The molecule has 0 amide bonds. The smallest absolute Gasteiger partial charge is 0.140 e. The van der Waals surface area contributed by atoms with E-state index in [1.165, 1.54) is 0 Å². The van der Waals surface area contributed by atoms with E-state index in [1.807, 2.05) is 37.3 Å². The SMILES string of the molecule is COc1ccc2cc([C@H](C)C(=O)CCCOCCOCCOCCO)ccc2c1. The Balaban J connectivity index is 1.64. The molecule has 6 heteroatoms. The lowest BCUT2D eigenvalue weighted by atomic mass is 9.92. The lowest BCUT2D eigenvalue weighted by Gasteiger charge is -2.12. The van der Waals surface area contributed by atoms with E-state index in [0.29, 0.717) is 52.5 Å². The first-order valence-corrected chi connectivity index (χ1v) is 10.1. The number of Topliss-reactive ketones (excluding diaryl/α,β-unsaturated/α-hetero) is 1. The van der Waals surface area contributed by atoms with E-state index in [2.05, 4.69) is 6.07 Å². The molecule has 0 aliphatic rings. The molecule has 2 aromatic rings. The van der Waals surface area contributed by atoms with Gasteiger partial charge in [-0.25, -0.2) is 0 Å². The molecule has 0 saturated carbocycles. The fourth-order valence-corrected chi connectivity index (χ4v) is 3.00. The van der Waals surface area contributed by atoms with Crippen molar-refractivity contribution in [3.05, 3.63) is 42.0 Å². The van der Waals surface area contributed by atoms with Crippen LogP contribution in [-0.4, -0.2) is 64.2 Å². The number of aliphatic hydroxyl groups is 1. The molecule has 0 aliphatic heterocycles. The summed E-state index contributed by atoms with van der Waals surface area (Å²) in [5.41, 5.74) is 1.03. The van der Waals surface area contributed by atoms with Gasteiger partial charge in [-0.3, -0.25) is 4.79 Å². The third-order valence-corrected chi connectivity index (χ3v) is 4.75. The van der Waals surface area contributed by atoms with Gasteiger partial charge in [0.1, 0.15) is 11.5 Å². The fraction of sp³-hybridized carbons (Fsp3) is 0.522. The van der Waals surface area contributed by atoms with Crippen molar-refractivity contribution >= 4 is 16.6 Å². The fourth-order valence-electron chi connectivity index (χ4n) is 3.00. The average molecular weight is 405 g/mol. The van der Waals surface area contributed by atoms with E-state index in [9.17, 15) is 4.79 Å². The highest BCUT2D eigenvalue weighted by atomic mass is 16.5. The molecule has 0 spiro atoms. The number of hydrogen-bond donors (Lipinski definition) is 1. The lowest BCUT2D eigenvalue weighted by molar-refractivity contribution is -0.120. The number of rotatable bonds is 15. The first kappa shape index (κ1) is 23.3. The van der Waals surface area contributed by atoms with Gasteiger partial charge in [0, 0.05) is 18.9 Å². The van der Waals surface area contributed by atoms with E-state index in [4.69, 9.17) is 24.1 Å². The minimum Gasteiger partial charge on any atom is -0.497 e. The van der Waals surface area contributed by atoms with Crippen molar-refractivity contribution < 1.29 is 28.8 Å². The molecule has 0 unspecified atom stereocenters. The predicted octanol–water partition coefficient (Wildman–Crippen LogP) is 3.34. The summed E-state index contributed by atoms with van der Waals surface area (Å²) < 4.78 is 21.2. The van der Waals surface area contributed by atoms with Gasteiger partial charge in [-0.05, 0) is 34.9 Å². The summed E-state index contributed by atoms with van der Waals surface area (Å²) in [5.74, 6) is 0.914. The minimum absolute atomic E-state index is 0.0243. The van der Waals surface area contributed by atoms with Crippen LogP contribution in [0.2, 0.25) is 0 Å². The largest absolute Gasteiger partial charge is 0.497 e. The second-order valence-electron chi connectivity index (χ2n) is 6.82. The molecule has 0 saturated heterocycles. The second kappa shape index (κ2) is 13.3. The zero-order valence-corrected chi connectivity index (χ0v) is 17.4. The second-order valence-corrected chi connectivity index (χ2v) is 6.82. The molecule has 160 valence electrons. The van der Waals surface area contributed by atoms with Crippen molar-refractivity contribution in [2.24, 2.45) is 0 Å². The zero-order valence-electron chi connectivity index (χ0n) is 17.4. The van der Waals surface area contributed by atoms with Crippen molar-refractivity contribution in [3.63, 3.8) is 0 Å². The van der Waals surface area contributed by atoms with Gasteiger partial charge in [-0.2, -0.15) is 0 Å². The summed E-state index contributed by atoms with van der Waals surface area (Å²) in [6.07, 6.45) is 1.20. The van der Waals surface area contributed by atoms with Gasteiger partial charge in [0.25, 0.3) is 0 Å². The van der Waals surface area contributed by atoms with Crippen LogP contribution in [0.25, 0.3) is 10.8 Å². The number of carbonyl (C=O) groups is 1. The van der Waals surface area contributed by atoms with Crippen molar-refractivity contribution in [2.75, 3.05) is 53.4 Å². The van der Waals surface area contributed by atoms with Crippen molar-refractivity contribution in [3.8, 4) is 5.75 Å². The maximum Gasteiger partial charge on any atom is 0.140 e. The van der Waals surface area contributed by atoms with Crippen molar-refractivity contribution in [1.82, 2.24) is 0 Å². The number of aliphatic hydroxyl groups excluding tert-OH is 1. The summed E-state index contributed by atoms with van der Waals surface area (Å²) in [6, 6.07) is 12.1. The molecular weight excluding hydrogens is 372 g/mol. The average Bonchev–Trinajstić information content (AvgIpc) is 2.76. The number of carbonyl (C=O) groups excluding carboxylic acids is 1. The first-order valence-electron chi connectivity index (χ1n) is 10.1. The van der Waals surface area contributed by atoms with Crippen LogP contribution in [0.3, 0.4) is 0 Å². The quantitative estimate of drug-likeness (QED) is 0.459. The number of methoxy groups -OCH3 is 1. The van der Waals surface area contributed by atoms with Crippen LogP contribution in [0.1, 0.15) is 31.2 Å². The standard InChI is InChI=1S/C23H32O6/c1-18(19-5-6-21-17-22(26-2)8-7-20(21)16-19)23(25)4-3-10-27-12-14-29-15-13-28-11-9-24/h5-8,16-18,24H,3-4,9-15H2,1-2H3/t18-/m0/s1. The third-order valence-electron chi connectivity index (χ3n) is 4.75. The molecule has 0 fully saturated rings. The van der Waals surface area contributed by atoms with E-state index in [-0.39, 0.29) is 18.3 Å². The number of ether oxygens (including phenoxy) is 4. The van der Waals surface area contributed by atoms with Crippen LogP contribution >= 0.6 is 0 Å². The Morgan fingerprint density at radius 2 is 1.52 bits per heavy atom. The molecule has 0 radical (unpaired) electrons. The lowest BCUT2D eigenvalue weighted by Crippen LogP contribution is -2.12. The van der Waals surface area contributed by atoms with Gasteiger partial charge in [-0.1, -0.05) is 31.2 Å². The van der Waals surface area contributed by atoms with Gasteiger partial charge in [0.2, 0.25) is 0 Å². The van der Waals surface area contributed by atoms with E-state index in [1.54, 1.807) is 7.11 Å². The normalized spacial score (nSPS) is 12.2. The maximum atomic E-state index is 12.5. The molecule has 0 aromatic heterocycles. The van der Waals surface area contributed by atoms with Crippen LogP contribution in [0.4, 0.5) is 0 Å². The number of benzene rings is 2. The highest BCUT2D eigenvalue weighted by Crippen LogP contribution is 2.26. The van der Waals surface area contributed by atoms with Crippen LogP contribution in [0.15, 0.2) is 36.4 Å². The Morgan fingerprint density at radius 3 is 2.21 bits per heavy atom. The molecule has 0 bridgehead atoms. The maximum absolute atomic E-state index is 12.5. The third kappa shape index (κ3) is 8.11. The van der Waals surface area contributed by atoms with E-state index in [0.717, 1.165) is 22.1 Å². The Bertz CT molecular complexity index is 745. The van der Waals surface area contributed by atoms with Crippen molar-refractivity contribution in [2.45, 2.75) is 25.7 Å². The molecule has 1 atom stereocenters. The molecule has 2 aromatic carbocycles. The molecule has 29 heavy (non-hydrogen) atoms. The van der Waals surface area contributed by atoms with Crippen LogP contribution in [0.5, 0.6) is 5.75 Å². The van der Waals surface area contributed by atoms with E-state index >= 15 is 0 Å². The Morgan fingerprint density at radius 1 is 0.897 bits per heavy atom. The molecule has 2 rings (SSSR count). The van der Waals surface area contributed by atoms with E-state index < -0.39 is 0 Å². The number of ketones is 1. The Kier molecular flexibility index (Phi) is 10.7. The molecule has 0 heterocycles. The Hall–Kier alpha value is -1.99. The Labute approximate surface area is 172 Å². The number of hydrogen-bond acceptors (Lipinski definition) is 6. The summed E-state index contributed by atoms with van der Waals surface area (Å²) in [7, 11) is 1.66. The predicted molar refractivity (Wildman–Crippen MR) is 113 cm³/mol. The topological polar surface area (TPSA) is 74.2 Å². The van der Waals surface area contributed by atoms with Gasteiger partial charge in [-0.15, -0.1) is 0 Å². The zero-order chi connectivity index (χ0) is 20.9. The first-order chi connectivity index (χ1) is 14.2. The summed E-state index contributed by atoms with van der Waals surface area (Å²) in [6.45, 7) is 4.80. The minimum atomic E-state index is -0.135. The van der Waals surface area contributed by atoms with Gasteiger partial charge in [0.05, 0.1) is 46.8 Å². The summed E-state index contributed by atoms with van der Waals surface area (Å²) in [4.78, 5) is 12.5. The summed E-state index contributed by atoms with van der Waals surface area (Å²) in [5, 5.41) is 10.8. The van der Waals surface area contributed by atoms with Gasteiger partial charge < -0.3 is 24.1 Å². The number of fused-ring (bicyclic) bond motifs is 1. The van der Waals surface area contributed by atoms with Crippen LogP contribution < -0.4 is 4.74 Å². The molecule has 6 nitrogen and oxygen atoms in total. The molecule has 1 N–H and O–H groups in total. The van der Waals surface area contributed by atoms with Crippen molar-refractivity contribution in [1.29, 1.82) is 0 Å². The monoisotopic (exact) mass is 404 g/mol. The highest BCUT2D eigenvalue weighted by molar-refractivity contribution is 5.89. The van der Waals surface area contributed by atoms with Crippen LogP contribution in [0, 0.1) is 0 Å². The molecular formula is C23H32O6. The highest BCUT2D eigenvalue weighted by Gasteiger charge is 2.15. The van der Waals surface area contributed by atoms with Crippen LogP contribution in [-0.2, 0) is 19.0 Å². The molecule has 0 aliphatic carbocycles.